The number of aromatic nitrogens is 3. The van der Waals surface area contributed by atoms with Gasteiger partial charge in [0, 0.05) is 0 Å². The molecule has 0 radical (unpaired) electrons. The minimum atomic E-state index is 0. The van der Waals surface area contributed by atoms with E-state index in [1.165, 1.54) is 0 Å². The van der Waals surface area contributed by atoms with Crippen LogP contribution in [0.2, 0.25) is 0 Å². The van der Waals surface area contributed by atoms with Gasteiger partial charge in [-0.25, -0.2) is 0 Å². The van der Waals surface area contributed by atoms with Crippen molar-refractivity contribution >= 4 is 11.0 Å². The summed E-state index contributed by atoms with van der Waals surface area (Å²) in [5.74, 6) is 0. The van der Waals surface area contributed by atoms with Crippen molar-refractivity contribution in [2.75, 3.05) is 0 Å². The third-order valence-corrected chi connectivity index (χ3v) is 1.32. The van der Waals surface area contributed by atoms with Crippen LogP contribution in [-0.4, -0.2) is 15.2 Å². The van der Waals surface area contributed by atoms with Crippen LogP contribution in [0, 0.1) is 5.21 Å². The van der Waals surface area contributed by atoms with Crippen molar-refractivity contribution in [1.82, 2.24) is 15.2 Å². The van der Waals surface area contributed by atoms with Crippen molar-refractivity contribution in [3.05, 3.63) is 29.5 Å². The van der Waals surface area contributed by atoms with Gasteiger partial charge in [0.25, 0.3) is 0 Å². The molecule has 5 heteroatoms. The van der Waals surface area contributed by atoms with E-state index in [1.54, 1.807) is 18.2 Å². The summed E-state index contributed by atoms with van der Waals surface area (Å²) in [5, 5.41) is 17.6. The Kier molecular flexibility index (Phi) is 2.49. The molecule has 2 rings (SSSR count). The van der Waals surface area contributed by atoms with Gasteiger partial charge in [-0.15, -0.1) is 5.10 Å². The third-order valence-electron chi connectivity index (χ3n) is 1.32. The Bertz CT molecular complexity index is 359. The zero-order valence-corrected chi connectivity index (χ0v) is 8.06. The Morgan fingerprint density at radius 3 is 2.73 bits per heavy atom. The molecule has 0 unspecified atom stereocenters. The van der Waals surface area contributed by atoms with Crippen LogP contribution in [0.15, 0.2) is 24.3 Å². The monoisotopic (exact) mass is 157 g/mol. The zero-order valence-electron chi connectivity index (χ0n) is 6.06. The summed E-state index contributed by atoms with van der Waals surface area (Å²) in [6, 6.07) is 7.02. The van der Waals surface area contributed by atoms with E-state index < -0.39 is 0 Å². The normalized spacial score (nSPS) is 9.45. The quantitative estimate of drug-likeness (QED) is 0.407. The van der Waals surface area contributed by atoms with Crippen LogP contribution in [0.1, 0.15) is 0 Å². The predicted molar refractivity (Wildman–Crippen MR) is 36.3 cm³/mol. The number of hydrogen-bond donors (Lipinski definition) is 0. The summed E-state index contributed by atoms with van der Waals surface area (Å²) < 4.78 is 0. The van der Waals surface area contributed by atoms with E-state index in [4.69, 9.17) is 0 Å². The van der Waals surface area contributed by atoms with Crippen molar-refractivity contribution < 1.29 is 29.6 Å². The maximum atomic E-state index is 10.7. The molecular formula is C6H4N3NaO. The molecule has 0 amide bonds. The van der Waals surface area contributed by atoms with Gasteiger partial charge in [-0.3, -0.25) is 4.85 Å². The van der Waals surface area contributed by atoms with Crippen LogP contribution in [0.25, 0.3) is 11.0 Å². The molecule has 4 nitrogen and oxygen atoms in total. The van der Waals surface area contributed by atoms with Gasteiger partial charge in [0.1, 0.15) is 5.52 Å². The Labute approximate surface area is 85.1 Å². The van der Waals surface area contributed by atoms with Crippen molar-refractivity contribution in [1.29, 1.82) is 0 Å². The van der Waals surface area contributed by atoms with E-state index in [0.717, 1.165) is 0 Å². The van der Waals surface area contributed by atoms with Crippen LogP contribution in [-0.2, 0) is 0 Å². The fourth-order valence-electron chi connectivity index (χ4n) is 0.847. The Morgan fingerprint density at radius 2 is 2.00 bits per heavy atom. The molecular weight excluding hydrogens is 153 g/mol. The molecule has 0 bridgehead atoms. The van der Waals surface area contributed by atoms with E-state index in [9.17, 15) is 5.21 Å². The van der Waals surface area contributed by atoms with Gasteiger partial charge >= 0.3 is 29.6 Å². The molecule has 1 aromatic heterocycles. The molecule has 0 N–H and O–H groups in total. The molecule has 11 heavy (non-hydrogen) atoms. The standard InChI is InChI=1S/C6H4N3O.Na/c10-9-6-4-2-1-3-5(6)7-8-9;/h1-4H;/q-1;+1. The maximum absolute atomic E-state index is 10.7. The number of rotatable bonds is 0. The van der Waals surface area contributed by atoms with E-state index in [1.807, 2.05) is 6.07 Å². The molecule has 0 saturated heterocycles. The average Bonchev–Trinajstić information content (AvgIpc) is 2.34. The molecule has 0 aliphatic heterocycles. The van der Waals surface area contributed by atoms with Crippen LogP contribution in [0.3, 0.4) is 0 Å². The first-order valence-electron chi connectivity index (χ1n) is 2.86. The second-order valence-corrected chi connectivity index (χ2v) is 1.95. The number of hydrogen-bond acceptors (Lipinski definition) is 3. The van der Waals surface area contributed by atoms with Crippen molar-refractivity contribution in [3.8, 4) is 0 Å². The van der Waals surface area contributed by atoms with Crippen LogP contribution in [0.4, 0.5) is 0 Å². The summed E-state index contributed by atoms with van der Waals surface area (Å²) in [6.07, 6.45) is 0. The minimum absolute atomic E-state index is 0. The largest absolute Gasteiger partial charge is 1.00 e. The number of benzene rings is 1. The molecule has 0 spiro atoms. The first-order chi connectivity index (χ1) is 4.88. The maximum Gasteiger partial charge on any atom is 1.00 e. The third kappa shape index (κ3) is 1.38. The van der Waals surface area contributed by atoms with E-state index in [-0.39, 0.29) is 29.6 Å². The minimum Gasteiger partial charge on any atom is -0.789 e. The van der Waals surface area contributed by atoms with Gasteiger partial charge in [0.05, 0.1) is 5.52 Å². The second kappa shape index (κ2) is 3.21. The number of para-hydroxylation sites is 1. The van der Waals surface area contributed by atoms with Gasteiger partial charge in [-0.1, -0.05) is 17.3 Å². The van der Waals surface area contributed by atoms with Gasteiger partial charge < -0.3 is 5.21 Å². The molecule has 1 aromatic carbocycles. The van der Waals surface area contributed by atoms with Gasteiger partial charge in [0.2, 0.25) is 0 Å². The Hall–Kier alpha value is -0.580. The van der Waals surface area contributed by atoms with E-state index in [0.29, 0.717) is 15.9 Å². The molecule has 1 heterocycles. The van der Waals surface area contributed by atoms with Gasteiger partial charge in [-0.2, -0.15) is 0 Å². The van der Waals surface area contributed by atoms with Crippen LogP contribution >= 0.6 is 0 Å². The average molecular weight is 157 g/mol. The van der Waals surface area contributed by atoms with Gasteiger partial charge in [-0.05, 0) is 12.1 Å². The number of nitrogens with zero attached hydrogens (tertiary/aromatic N) is 3. The van der Waals surface area contributed by atoms with Gasteiger partial charge in [0.15, 0.2) is 0 Å². The second-order valence-electron chi connectivity index (χ2n) is 1.95. The Balaban J connectivity index is 0.000000605. The summed E-state index contributed by atoms with van der Waals surface area (Å²) in [4.78, 5) is 0.509. The fourth-order valence-corrected chi connectivity index (χ4v) is 0.847. The molecule has 0 aliphatic carbocycles. The summed E-state index contributed by atoms with van der Waals surface area (Å²) >= 11 is 0. The molecule has 0 saturated carbocycles. The van der Waals surface area contributed by atoms with E-state index in [2.05, 4.69) is 10.3 Å². The Morgan fingerprint density at radius 1 is 1.27 bits per heavy atom. The molecule has 50 valence electrons. The molecule has 2 aromatic rings. The van der Waals surface area contributed by atoms with Crippen LogP contribution < -0.4 is 29.6 Å². The topological polar surface area (TPSA) is 53.8 Å². The smallest absolute Gasteiger partial charge is 0.789 e. The number of fused-ring (bicyclic) bond motifs is 1. The molecule has 0 aliphatic rings. The summed E-state index contributed by atoms with van der Waals surface area (Å²) in [6.45, 7) is 0. The SMILES string of the molecule is [Na+].[O-]n1nnc2ccccc21. The van der Waals surface area contributed by atoms with E-state index >= 15 is 0 Å². The summed E-state index contributed by atoms with van der Waals surface area (Å²) in [5.41, 5.74) is 1.15. The van der Waals surface area contributed by atoms with Crippen molar-refractivity contribution in [2.45, 2.75) is 0 Å². The molecule has 0 atom stereocenters. The fraction of sp³-hybridized carbons (Fsp3) is 0. The first-order valence-corrected chi connectivity index (χ1v) is 2.86. The van der Waals surface area contributed by atoms with Crippen molar-refractivity contribution in [2.24, 2.45) is 0 Å². The molecule has 0 fully saturated rings. The first kappa shape index (κ1) is 8.52. The zero-order chi connectivity index (χ0) is 6.97. The summed E-state index contributed by atoms with van der Waals surface area (Å²) in [7, 11) is 0. The predicted octanol–water partition coefficient (Wildman–Crippen LogP) is -2.22. The van der Waals surface area contributed by atoms with Crippen molar-refractivity contribution in [3.63, 3.8) is 0 Å². The van der Waals surface area contributed by atoms with Crippen LogP contribution in [0.5, 0.6) is 0 Å².